The summed E-state index contributed by atoms with van der Waals surface area (Å²) in [5, 5.41) is 0. The van der Waals surface area contributed by atoms with Crippen molar-refractivity contribution >= 4 is 11.8 Å². The van der Waals surface area contributed by atoms with Gasteiger partial charge in [-0.15, -0.1) is 0 Å². The van der Waals surface area contributed by atoms with Gasteiger partial charge in [0, 0.05) is 18.7 Å². The van der Waals surface area contributed by atoms with Crippen molar-refractivity contribution in [2.24, 2.45) is 11.1 Å². The number of rotatable bonds is 7. The minimum absolute atomic E-state index is 0.149. The number of amides is 2. The van der Waals surface area contributed by atoms with E-state index >= 15 is 0 Å². The summed E-state index contributed by atoms with van der Waals surface area (Å²) in [4.78, 5) is 29.2. The highest BCUT2D eigenvalue weighted by molar-refractivity contribution is 5.94. The van der Waals surface area contributed by atoms with Gasteiger partial charge in [0.05, 0.1) is 5.41 Å². The van der Waals surface area contributed by atoms with E-state index in [1.54, 1.807) is 6.07 Å². The van der Waals surface area contributed by atoms with Crippen molar-refractivity contribution in [3.63, 3.8) is 0 Å². The van der Waals surface area contributed by atoms with Crippen molar-refractivity contribution in [1.82, 2.24) is 9.80 Å². The number of primary amides is 1. The largest absolute Gasteiger partial charge is 0.366 e. The Morgan fingerprint density at radius 3 is 2.33 bits per heavy atom. The van der Waals surface area contributed by atoms with E-state index in [1.807, 2.05) is 41.3 Å². The van der Waals surface area contributed by atoms with Crippen LogP contribution in [0, 0.1) is 5.41 Å². The fourth-order valence-corrected chi connectivity index (χ4v) is 4.99. The van der Waals surface area contributed by atoms with Gasteiger partial charge in [-0.05, 0) is 68.9 Å². The molecule has 0 radical (unpaired) electrons. The fourth-order valence-electron chi connectivity index (χ4n) is 4.99. The van der Waals surface area contributed by atoms with Gasteiger partial charge in [-0.2, -0.15) is 0 Å². The zero-order valence-electron chi connectivity index (χ0n) is 17.6. The number of aryl methyl sites for hydroxylation is 1. The summed E-state index contributed by atoms with van der Waals surface area (Å²) in [5.41, 5.74) is 8.20. The molecule has 2 saturated heterocycles. The van der Waals surface area contributed by atoms with Gasteiger partial charge in [0.2, 0.25) is 11.8 Å². The van der Waals surface area contributed by atoms with E-state index in [2.05, 4.69) is 17.0 Å². The molecule has 2 aliphatic heterocycles. The van der Waals surface area contributed by atoms with Gasteiger partial charge in [0.25, 0.3) is 0 Å². The second-order valence-corrected chi connectivity index (χ2v) is 8.71. The molecule has 5 heteroatoms. The van der Waals surface area contributed by atoms with Crippen molar-refractivity contribution < 1.29 is 9.59 Å². The summed E-state index contributed by atoms with van der Waals surface area (Å²) in [6, 6.07) is 17.9. The number of nitrogens with zero attached hydrogens (tertiary/aromatic N) is 2. The maximum absolute atomic E-state index is 13.2. The fraction of sp³-hybridized carbons (Fsp3) is 0.440. The summed E-state index contributed by atoms with van der Waals surface area (Å²) in [7, 11) is 0. The molecule has 1 spiro atoms. The van der Waals surface area contributed by atoms with Crippen LogP contribution in [-0.2, 0) is 17.8 Å². The molecule has 5 nitrogen and oxygen atoms in total. The lowest BCUT2D eigenvalue weighted by atomic mass is 9.77. The van der Waals surface area contributed by atoms with Crippen LogP contribution in [0.5, 0.6) is 0 Å². The average molecular weight is 406 g/mol. The molecule has 2 N–H and O–H groups in total. The van der Waals surface area contributed by atoms with E-state index in [0.29, 0.717) is 11.5 Å². The predicted molar refractivity (Wildman–Crippen MR) is 118 cm³/mol. The Bertz CT molecular complexity index is 888. The Labute approximate surface area is 178 Å². The van der Waals surface area contributed by atoms with Gasteiger partial charge in [-0.25, -0.2) is 0 Å². The van der Waals surface area contributed by atoms with Crippen LogP contribution < -0.4 is 5.73 Å². The van der Waals surface area contributed by atoms with Crippen molar-refractivity contribution in [3.05, 3.63) is 71.3 Å². The zero-order valence-corrected chi connectivity index (χ0v) is 17.6. The van der Waals surface area contributed by atoms with E-state index in [-0.39, 0.29) is 11.3 Å². The smallest absolute Gasteiger partial charge is 0.248 e. The number of carbonyl (C=O) groups is 2. The standard InChI is InChI=1S/C25H31N3O2/c26-23(29)22-11-5-4-9-21(22)10-6-15-27-16-12-25(13-17-27)14-18-28(24(25)30)19-20-7-2-1-3-8-20/h1-5,7-9,11H,6,10,12-19H2,(H2,26,29). The first kappa shape index (κ1) is 20.6. The van der Waals surface area contributed by atoms with Gasteiger partial charge in [0.15, 0.2) is 0 Å². The van der Waals surface area contributed by atoms with Crippen LogP contribution in [0.1, 0.15) is 47.2 Å². The summed E-state index contributed by atoms with van der Waals surface area (Å²) in [6.07, 6.45) is 4.73. The monoisotopic (exact) mass is 405 g/mol. The molecular formula is C25H31N3O2. The van der Waals surface area contributed by atoms with Crippen molar-refractivity contribution in [2.45, 2.75) is 38.6 Å². The number of likely N-dealkylation sites (tertiary alicyclic amines) is 2. The molecular weight excluding hydrogens is 374 g/mol. The third-order valence-electron chi connectivity index (χ3n) is 6.83. The molecule has 4 rings (SSSR count). The molecule has 2 fully saturated rings. The van der Waals surface area contributed by atoms with E-state index in [1.165, 1.54) is 5.56 Å². The Hall–Kier alpha value is -2.66. The number of carbonyl (C=O) groups excluding carboxylic acids is 2. The third kappa shape index (κ3) is 4.41. The lowest BCUT2D eigenvalue weighted by molar-refractivity contribution is -0.138. The maximum Gasteiger partial charge on any atom is 0.248 e. The van der Waals surface area contributed by atoms with Crippen molar-refractivity contribution in [2.75, 3.05) is 26.2 Å². The van der Waals surface area contributed by atoms with Gasteiger partial charge in [-0.3, -0.25) is 9.59 Å². The molecule has 2 heterocycles. The SMILES string of the molecule is NC(=O)c1ccccc1CCCN1CCC2(CC1)CCN(Cc1ccccc1)C2=O. The summed E-state index contributed by atoms with van der Waals surface area (Å²) >= 11 is 0. The molecule has 0 unspecified atom stereocenters. The van der Waals surface area contributed by atoms with Crippen molar-refractivity contribution in [1.29, 1.82) is 0 Å². The van der Waals surface area contributed by atoms with Crippen molar-refractivity contribution in [3.8, 4) is 0 Å². The lowest BCUT2D eigenvalue weighted by Gasteiger charge is -2.38. The minimum Gasteiger partial charge on any atom is -0.366 e. The Morgan fingerprint density at radius 2 is 1.60 bits per heavy atom. The van der Waals surface area contributed by atoms with Crippen LogP contribution in [0.4, 0.5) is 0 Å². The molecule has 158 valence electrons. The molecule has 2 amide bonds. The topological polar surface area (TPSA) is 66.6 Å². The molecule has 2 aliphatic rings. The zero-order chi connectivity index (χ0) is 21.0. The highest BCUT2D eigenvalue weighted by atomic mass is 16.2. The molecule has 30 heavy (non-hydrogen) atoms. The first-order chi connectivity index (χ1) is 14.6. The Kier molecular flexibility index (Phi) is 6.18. The van der Waals surface area contributed by atoms with Gasteiger partial charge >= 0.3 is 0 Å². The van der Waals surface area contributed by atoms with Crippen LogP contribution >= 0.6 is 0 Å². The van der Waals surface area contributed by atoms with Gasteiger partial charge in [0.1, 0.15) is 0 Å². The van der Waals surface area contributed by atoms with Gasteiger partial charge < -0.3 is 15.5 Å². The number of benzene rings is 2. The number of piperidine rings is 1. The van der Waals surface area contributed by atoms with E-state index in [9.17, 15) is 9.59 Å². The Morgan fingerprint density at radius 1 is 0.933 bits per heavy atom. The third-order valence-corrected chi connectivity index (χ3v) is 6.83. The van der Waals surface area contributed by atoms with Crippen LogP contribution in [0.15, 0.2) is 54.6 Å². The molecule has 0 saturated carbocycles. The molecule has 2 aromatic carbocycles. The predicted octanol–water partition coefficient (Wildman–Crippen LogP) is 3.23. The molecule has 0 atom stereocenters. The summed E-state index contributed by atoms with van der Waals surface area (Å²) in [5.74, 6) is -0.00768. The van der Waals surface area contributed by atoms with E-state index in [4.69, 9.17) is 5.73 Å². The van der Waals surface area contributed by atoms with E-state index in [0.717, 1.165) is 70.4 Å². The second kappa shape index (κ2) is 9.00. The molecule has 2 aromatic rings. The highest BCUT2D eigenvalue weighted by Gasteiger charge is 2.47. The summed E-state index contributed by atoms with van der Waals surface area (Å²) < 4.78 is 0. The van der Waals surface area contributed by atoms with Crippen LogP contribution in [0.3, 0.4) is 0 Å². The second-order valence-electron chi connectivity index (χ2n) is 8.71. The molecule has 0 aliphatic carbocycles. The Balaban J connectivity index is 1.26. The molecule has 0 aromatic heterocycles. The molecule has 0 bridgehead atoms. The quantitative estimate of drug-likeness (QED) is 0.769. The average Bonchev–Trinajstić information content (AvgIpc) is 3.06. The maximum atomic E-state index is 13.2. The van der Waals surface area contributed by atoms with Crippen LogP contribution in [0.25, 0.3) is 0 Å². The lowest BCUT2D eigenvalue weighted by Crippen LogP contribution is -2.44. The first-order valence-corrected chi connectivity index (χ1v) is 11.0. The van der Waals surface area contributed by atoms with Gasteiger partial charge in [-0.1, -0.05) is 48.5 Å². The first-order valence-electron chi connectivity index (χ1n) is 11.0. The normalized spacial score (nSPS) is 18.8. The van der Waals surface area contributed by atoms with E-state index < -0.39 is 0 Å². The van der Waals surface area contributed by atoms with Crippen LogP contribution in [-0.4, -0.2) is 47.8 Å². The minimum atomic E-state index is -0.356. The number of nitrogens with two attached hydrogens (primary N) is 1. The number of hydrogen-bond donors (Lipinski definition) is 1. The summed E-state index contributed by atoms with van der Waals surface area (Å²) in [6.45, 7) is 4.54. The van der Waals surface area contributed by atoms with Crippen LogP contribution in [0.2, 0.25) is 0 Å². The number of hydrogen-bond acceptors (Lipinski definition) is 3. The highest BCUT2D eigenvalue weighted by Crippen LogP contribution is 2.42.